The molecule has 2 atom stereocenters. The zero-order valence-corrected chi connectivity index (χ0v) is 14.5. The second-order valence-corrected chi connectivity index (χ2v) is 6.65. The fourth-order valence-electron chi connectivity index (χ4n) is 3.30. The van der Waals surface area contributed by atoms with E-state index in [4.69, 9.17) is 0 Å². The molecule has 1 saturated heterocycles. The smallest absolute Gasteiger partial charge is 0.223 e. The highest BCUT2D eigenvalue weighted by Crippen LogP contribution is 2.25. The maximum atomic E-state index is 12.6. The van der Waals surface area contributed by atoms with E-state index in [1.165, 1.54) is 0 Å². The summed E-state index contributed by atoms with van der Waals surface area (Å²) in [5.41, 5.74) is 2.24. The standard InChI is InChI=1S/C17H24N6O/c1-13-8-14(10-18-9-13)4-5-17(24)22-11-15(21(2)3)16(12-22)23-7-6-19-20-23/h6-10,15-16H,4-5,11-12H2,1-3H3/t15-,16+/m1/s1. The van der Waals surface area contributed by atoms with Gasteiger partial charge in [-0.1, -0.05) is 11.3 Å². The van der Waals surface area contributed by atoms with Crippen molar-refractivity contribution in [3.8, 4) is 0 Å². The first-order valence-electron chi connectivity index (χ1n) is 8.25. The first-order chi connectivity index (χ1) is 11.5. The number of rotatable bonds is 5. The maximum absolute atomic E-state index is 12.6. The Morgan fingerprint density at radius 3 is 2.83 bits per heavy atom. The summed E-state index contributed by atoms with van der Waals surface area (Å²) in [5, 5.41) is 8.02. The van der Waals surface area contributed by atoms with Crippen molar-refractivity contribution in [1.29, 1.82) is 0 Å². The number of likely N-dealkylation sites (tertiary alicyclic amines) is 1. The third kappa shape index (κ3) is 3.62. The lowest BCUT2D eigenvalue weighted by molar-refractivity contribution is -0.130. The molecule has 2 aromatic rings. The van der Waals surface area contributed by atoms with E-state index in [0.717, 1.165) is 24.1 Å². The Morgan fingerprint density at radius 2 is 2.17 bits per heavy atom. The van der Waals surface area contributed by atoms with Crippen molar-refractivity contribution >= 4 is 5.91 Å². The Kier molecular flexibility index (Phi) is 4.89. The van der Waals surface area contributed by atoms with Crippen LogP contribution < -0.4 is 0 Å². The highest BCUT2D eigenvalue weighted by molar-refractivity contribution is 5.77. The predicted molar refractivity (Wildman–Crippen MR) is 90.4 cm³/mol. The molecule has 7 heteroatoms. The van der Waals surface area contributed by atoms with Gasteiger partial charge in [0.2, 0.25) is 5.91 Å². The van der Waals surface area contributed by atoms with Gasteiger partial charge in [0.15, 0.2) is 0 Å². The van der Waals surface area contributed by atoms with Gasteiger partial charge in [0, 0.05) is 38.1 Å². The number of aryl methyl sites for hydroxylation is 2. The first-order valence-corrected chi connectivity index (χ1v) is 8.25. The minimum absolute atomic E-state index is 0.145. The van der Waals surface area contributed by atoms with Gasteiger partial charge >= 0.3 is 0 Å². The molecule has 0 spiro atoms. The molecular formula is C17H24N6O. The summed E-state index contributed by atoms with van der Waals surface area (Å²) >= 11 is 0. The van der Waals surface area contributed by atoms with Crippen LogP contribution in [-0.4, -0.2) is 68.9 Å². The SMILES string of the molecule is Cc1cncc(CCC(=O)N2C[C@@H](N(C)C)[C@@H](n3ccnn3)C2)c1. The lowest BCUT2D eigenvalue weighted by Crippen LogP contribution is -2.37. The number of amides is 1. The predicted octanol–water partition coefficient (Wildman–Crippen LogP) is 0.928. The van der Waals surface area contributed by atoms with E-state index in [1.54, 1.807) is 6.20 Å². The largest absolute Gasteiger partial charge is 0.339 e. The maximum Gasteiger partial charge on any atom is 0.223 e. The van der Waals surface area contributed by atoms with Gasteiger partial charge in [0.1, 0.15) is 0 Å². The van der Waals surface area contributed by atoms with Gasteiger partial charge in [0.05, 0.1) is 18.3 Å². The Morgan fingerprint density at radius 1 is 1.33 bits per heavy atom. The van der Waals surface area contributed by atoms with Crippen molar-refractivity contribution in [2.45, 2.75) is 31.8 Å². The lowest BCUT2D eigenvalue weighted by atomic mass is 10.1. The minimum atomic E-state index is 0.145. The fraction of sp³-hybridized carbons (Fsp3) is 0.529. The Hall–Kier alpha value is -2.28. The van der Waals surface area contributed by atoms with E-state index in [-0.39, 0.29) is 18.0 Å². The van der Waals surface area contributed by atoms with Crippen LogP contribution in [0.3, 0.4) is 0 Å². The van der Waals surface area contributed by atoms with Crippen molar-refractivity contribution in [1.82, 2.24) is 29.8 Å². The van der Waals surface area contributed by atoms with E-state index in [1.807, 2.05) is 49.2 Å². The molecule has 0 aliphatic carbocycles. The number of aromatic nitrogens is 4. The molecule has 0 unspecified atom stereocenters. The van der Waals surface area contributed by atoms with Crippen LogP contribution in [0.1, 0.15) is 23.6 Å². The number of carbonyl (C=O) groups excluding carboxylic acids is 1. The van der Waals surface area contributed by atoms with Gasteiger partial charge < -0.3 is 9.80 Å². The number of likely N-dealkylation sites (N-methyl/N-ethyl adjacent to an activating group) is 1. The molecule has 1 aliphatic heterocycles. The molecule has 7 nitrogen and oxygen atoms in total. The summed E-state index contributed by atoms with van der Waals surface area (Å²) < 4.78 is 1.86. The topological polar surface area (TPSA) is 67.2 Å². The summed E-state index contributed by atoms with van der Waals surface area (Å²) in [7, 11) is 4.09. The highest BCUT2D eigenvalue weighted by atomic mass is 16.2. The van der Waals surface area contributed by atoms with E-state index in [0.29, 0.717) is 13.0 Å². The molecule has 1 fully saturated rings. The number of hydrogen-bond acceptors (Lipinski definition) is 5. The number of pyridine rings is 1. The van der Waals surface area contributed by atoms with Crippen molar-refractivity contribution in [2.75, 3.05) is 27.2 Å². The summed E-state index contributed by atoms with van der Waals surface area (Å²) in [4.78, 5) is 20.9. The summed E-state index contributed by atoms with van der Waals surface area (Å²) in [6.45, 7) is 3.42. The van der Waals surface area contributed by atoms with E-state index in [2.05, 4.69) is 26.3 Å². The molecule has 1 amide bonds. The Labute approximate surface area is 142 Å². The third-order valence-corrected chi connectivity index (χ3v) is 4.61. The Bertz CT molecular complexity index is 684. The van der Waals surface area contributed by atoms with Crippen LogP contribution in [0.2, 0.25) is 0 Å². The molecule has 128 valence electrons. The molecule has 1 aliphatic rings. The number of carbonyl (C=O) groups is 1. The molecule has 2 aromatic heterocycles. The molecular weight excluding hydrogens is 304 g/mol. The highest BCUT2D eigenvalue weighted by Gasteiger charge is 2.37. The van der Waals surface area contributed by atoms with E-state index >= 15 is 0 Å². The van der Waals surface area contributed by atoms with Crippen LogP contribution >= 0.6 is 0 Å². The second-order valence-electron chi connectivity index (χ2n) is 6.65. The van der Waals surface area contributed by atoms with E-state index in [9.17, 15) is 4.79 Å². The lowest BCUT2D eigenvalue weighted by Gasteiger charge is -2.24. The summed E-state index contributed by atoms with van der Waals surface area (Å²) in [6, 6.07) is 2.48. The summed E-state index contributed by atoms with van der Waals surface area (Å²) in [5.74, 6) is 0.186. The normalized spacial score (nSPS) is 20.8. The van der Waals surface area contributed by atoms with Crippen LogP contribution in [-0.2, 0) is 11.2 Å². The van der Waals surface area contributed by atoms with Crippen LogP contribution in [0.4, 0.5) is 0 Å². The van der Waals surface area contributed by atoms with Gasteiger partial charge in [-0.05, 0) is 38.6 Å². The van der Waals surface area contributed by atoms with Gasteiger partial charge in [-0.3, -0.25) is 9.78 Å². The fourth-order valence-corrected chi connectivity index (χ4v) is 3.30. The molecule has 3 heterocycles. The Balaban J connectivity index is 1.63. The van der Waals surface area contributed by atoms with Gasteiger partial charge in [0.25, 0.3) is 0 Å². The van der Waals surface area contributed by atoms with E-state index < -0.39 is 0 Å². The monoisotopic (exact) mass is 328 g/mol. The van der Waals surface area contributed by atoms with Crippen molar-refractivity contribution in [3.05, 3.63) is 42.0 Å². The molecule has 0 aromatic carbocycles. The zero-order valence-electron chi connectivity index (χ0n) is 14.5. The number of nitrogens with zero attached hydrogens (tertiary/aromatic N) is 6. The number of hydrogen-bond donors (Lipinski definition) is 0. The van der Waals surface area contributed by atoms with Crippen molar-refractivity contribution in [3.63, 3.8) is 0 Å². The molecule has 3 rings (SSSR count). The first kappa shape index (κ1) is 16.6. The average Bonchev–Trinajstić information content (AvgIpc) is 3.21. The summed E-state index contributed by atoms with van der Waals surface area (Å²) in [6.07, 6.45) is 8.46. The molecule has 0 bridgehead atoms. The minimum Gasteiger partial charge on any atom is -0.339 e. The zero-order chi connectivity index (χ0) is 17.1. The molecule has 24 heavy (non-hydrogen) atoms. The molecule has 0 radical (unpaired) electrons. The van der Waals surface area contributed by atoms with Crippen molar-refractivity contribution in [2.24, 2.45) is 0 Å². The quantitative estimate of drug-likeness (QED) is 0.817. The molecule has 0 saturated carbocycles. The third-order valence-electron chi connectivity index (χ3n) is 4.61. The van der Waals surface area contributed by atoms with Crippen LogP contribution in [0.15, 0.2) is 30.9 Å². The van der Waals surface area contributed by atoms with Crippen LogP contribution in [0.25, 0.3) is 0 Å². The van der Waals surface area contributed by atoms with Crippen LogP contribution in [0, 0.1) is 6.92 Å². The van der Waals surface area contributed by atoms with Gasteiger partial charge in [-0.15, -0.1) is 5.10 Å². The van der Waals surface area contributed by atoms with Gasteiger partial charge in [-0.25, -0.2) is 4.68 Å². The van der Waals surface area contributed by atoms with Gasteiger partial charge in [-0.2, -0.15) is 0 Å². The molecule has 0 N–H and O–H groups in total. The van der Waals surface area contributed by atoms with Crippen LogP contribution in [0.5, 0.6) is 0 Å². The second kappa shape index (κ2) is 7.09. The van der Waals surface area contributed by atoms with Crippen molar-refractivity contribution < 1.29 is 4.79 Å². The average molecular weight is 328 g/mol.